The van der Waals surface area contributed by atoms with Gasteiger partial charge in [-0.3, -0.25) is 14.4 Å². The van der Waals surface area contributed by atoms with Crippen molar-refractivity contribution in [2.75, 3.05) is 15.9 Å². The van der Waals surface area contributed by atoms with Crippen molar-refractivity contribution < 1.29 is 17.6 Å². The largest absolute Gasteiger partial charge is 0.284 e. The number of carbonyl (C=O) groups excluding carboxylic acids is 1. The zero-order valence-corrected chi connectivity index (χ0v) is 15.0. The van der Waals surface area contributed by atoms with Crippen LogP contribution >= 0.6 is 0 Å². The summed E-state index contributed by atoms with van der Waals surface area (Å²) >= 11 is 0. The van der Waals surface area contributed by atoms with Crippen LogP contribution in [0.2, 0.25) is 0 Å². The van der Waals surface area contributed by atoms with E-state index >= 15 is 0 Å². The Morgan fingerprint density at radius 2 is 1.76 bits per heavy atom. The summed E-state index contributed by atoms with van der Waals surface area (Å²) in [6.07, 6.45) is 1.57. The summed E-state index contributed by atoms with van der Waals surface area (Å²) in [5, 5.41) is 0. The summed E-state index contributed by atoms with van der Waals surface area (Å²) in [5.41, 5.74) is 1.89. The Labute approximate surface area is 146 Å². The lowest BCUT2D eigenvalue weighted by molar-refractivity contribution is -0.126. The minimum absolute atomic E-state index is 0.0876. The van der Waals surface area contributed by atoms with Gasteiger partial charge in [-0.2, -0.15) is 0 Å². The molecule has 0 saturated heterocycles. The van der Waals surface area contributed by atoms with Crippen molar-refractivity contribution in [1.82, 2.24) is 0 Å². The van der Waals surface area contributed by atoms with E-state index < -0.39 is 15.4 Å². The summed E-state index contributed by atoms with van der Waals surface area (Å²) in [4.78, 5) is 14.5. The van der Waals surface area contributed by atoms with E-state index in [4.69, 9.17) is 0 Å². The first kappa shape index (κ1) is 17.4. The third-order valence-electron chi connectivity index (χ3n) is 4.12. The fraction of sp³-hybridized carbons (Fsp3) is 0.278. The molecule has 1 N–H and O–H groups in total. The number of hydrogen-bond donors (Lipinski definition) is 1. The predicted octanol–water partition coefficient (Wildman–Crippen LogP) is 3.44. The number of carbonyl (C=O) groups is 1. The Kier molecular flexibility index (Phi) is 4.07. The fourth-order valence-electron chi connectivity index (χ4n) is 3.03. The van der Waals surface area contributed by atoms with Gasteiger partial charge in [0.2, 0.25) is 15.9 Å². The van der Waals surface area contributed by atoms with Crippen molar-refractivity contribution >= 4 is 33.0 Å². The summed E-state index contributed by atoms with van der Waals surface area (Å²) in [6.45, 7) is 3.68. The lowest BCUT2D eigenvalue weighted by atomic mass is 9.80. The van der Waals surface area contributed by atoms with Crippen LogP contribution in [0, 0.1) is 11.2 Å². The molecule has 5 nitrogen and oxygen atoms in total. The monoisotopic (exact) mass is 362 g/mol. The van der Waals surface area contributed by atoms with Crippen LogP contribution < -0.4 is 9.62 Å². The average molecular weight is 362 g/mol. The summed E-state index contributed by atoms with van der Waals surface area (Å²) < 4.78 is 38.6. The Balaban J connectivity index is 2.11. The molecule has 1 heterocycles. The molecule has 25 heavy (non-hydrogen) atoms. The van der Waals surface area contributed by atoms with Gasteiger partial charge in [0.1, 0.15) is 5.82 Å². The van der Waals surface area contributed by atoms with Crippen molar-refractivity contribution in [2.45, 2.75) is 20.3 Å². The van der Waals surface area contributed by atoms with Crippen molar-refractivity contribution in [2.24, 2.45) is 5.41 Å². The van der Waals surface area contributed by atoms with Gasteiger partial charge in [0.15, 0.2) is 0 Å². The molecule has 132 valence electrons. The van der Waals surface area contributed by atoms with Crippen molar-refractivity contribution in [3.05, 3.63) is 53.8 Å². The molecule has 0 fully saturated rings. The summed E-state index contributed by atoms with van der Waals surface area (Å²) in [6, 6.07) is 10.8. The number of anilines is 3. The number of amides is 1. The molecule has 0 aromatic heterocycles. The molecule has 0 radical (unpaired) electrons. The molecular weight excluding hydrogens is 343 g/mol. The zero-order valence-electron chi connectivity index (χ0n) is 14.2. The second-order valence-electron chi connectivity index (χ2n) is 6.90. The quantitative estimate of drug-likeness (QED) is 0.909. The summed E-state index contributed by atoms with van der Waals surface area (Å²) in [5.74, 6) is -0.462. The zero-order chi connectivity index (χ0) is 18.4. The van der Waals surface area contributed by atoms with E-state index in [0.29, 0.717) is 23.5 Å². The maximum atomic E-state index is 13.2. The number of nitrogens with one attached hydrogen (secondary N) is 1. The maximum absolute atomic E-state index is 13.2. The van der Waals surface area contributed by atoms with Gasteiger partial charge in [0.25, 0.3) is 0 Å². The highest BCUT2D eigenvalue weighted by atomic mass is 32.2. The third-order valence-corrected chi connectivity index (χ3v) is 4.73. The Morgan fingerprint density at radius 3 is 2.36 bits per heavy atom. The highest BCUT2D eigenvalue weighted by molar-refractivity contribution is 7.92. The number of rotatable bonds is 3. The number of nitrogens with zero attached hydrogens (tertiary/aromatic N) is 1. The lowest BCUT2D eigenvalue weighted by Crippen LogP contribution is -2.43. The second-order valence-corrected chi connectivity index (χ2v) is 8.64. The smallest absolute Gasteiger partial charge is 0.237 e. The normalized spacial score (nSPS) is 16.5. The fourth-order valence-corrected chi connectivity index (χ4v) is 3.59. The first-order valence-electron chi connectivity index (χ1n) is 7.78. The molecule has 0 saturated carbocycles. The highest BCUT2D eigenvalue weighted by Gasteiger charge is 2.39. The van der Waals surface area contributed by atoms with Gasteiger partial charge in [0, 0.05) is 16.8 Å². The first-order valence-corrected chi connectivity index (χ1v) is 9.67. The second kappa shape index (κ2) is 5.84. The Hall–Kier alpha value is -2.41. The molecule has 0 atom stereocenters. The summed E-state index contributed by atoms with van der Waals surface area (Å²) in [7, 11) is -3.39. The van der Waals surface area contributed by atoms with Gasteiger partial charge < -0.3 is 0 Å². The maximum Gasteiger partial charge on any atom is 0.237 e. The number of fused-ring (bicyclic) bond motifs is 1. The third kappa shape index (κ3) is 3.51. The van der Waals surface area contributed by atoms with Gasteiger partial charge in [0.05, 0.1) is 11.9 Å². The molecule has 2 aromatic rings. The van der Waals surface area contributed by atoms with Gasteiger partial charge in [-0.1, -0.05) is 13.8 Å². The molecule has 3 rings (SSSR count). The van der Waals surface area contributed by atoms with E-state index in [-0.39, 0.29) is 11.7 Å². The molecule has 1 aliphatic rings. The first-order chi connectivity index (χ1) is 11.6. The van der Waals surface area contributed by atoms with Crippen LogP contribution in [0.3, 0.4) is 0 Å². The van der Waals surface area contributed by atoms with Gasteiger partial charge in [-0.05, 0) is 54.4 Å². The van der Waals surface area contributed by atoms with Crippen LogP contribution in [0.1, 0.15) is 19.4 Å². The van der Waals surface area contributed by atoms with E-state index in [1.54, 1.807) is 35.2 Å². The molecular formula is C18H19FN2O3S. The average Bonchev–Trinajstić information content (AvgIpc) is 2.48. The predicted molar refractivity (Wildman–Crippen MR) is 95.9 cm³/mol. The van der Waals surface area contributed by atoms with E-state index in [0.717, 1.165) is 11.8 Å². The minimum atomic E-state index is -3.39. The van der Waals surface area contributed by atoms with E-state index in [2.05, 4.69) is 4.72 Å². The van der Waals surface area contributed by atoms with Crippen LogP contribution in [0.4, 0.5) is 21.5 Å². The molecule has 2 aromatic carbocycles. The number of benzene rings is 2. The van der Waals surface area contributed by atoms with E-state index in [9.17, 15) is 17.6 Å². The van der Waals surface area contributed by atoms with Crippen molar-refractivity contribution in [3.63, 3.8) is 0 Å². The van der Waals surface area contributed by atoms with Crippen molar-refractivity contribution in [1.29, 1.82) is 0 Å². The van der Waals surface area contributed by atoms with Crippen LogP contribution in [0.25, 0.3) is 0 Å². The van der Waals surface area contributed by atoms with Gasteiger partial charge >= 0.3 is 0 Å². The topological polar surface area (TPSA) is 66.5 Å². The van der Waals surface area contributed by atoms with Crippen LogP contribution in [0.15, 0.2) is 42.5 Å². The molecule has 0 aliphatic carbocycles. The van der Waals surface area contributed by atoms with E-state index in [1.165, 1.54) is 12.1 Å². The van der Waals surface area contributed by atoms with Crippen LogP contribution in [0.5, 0.6) is 0 Å². The molecule has 0 unspecified atom stereocenters. The number of sulfonamides is 1. The van der Waals surface area contributed by atoms with E-state index in [1.807, 2.05) is 13.8 Å². The van der Waals surface area contributed by atoms with Crippen molar-refractivity contribution in [3.8, 4) is 0 Å². The molecule has 1 amide bonds. The van der Waals surface area contributed by atoms with Crippen LogP contribution in [-0.2, 0) is 21.2 Å². The van der Waals surface area contributed by atoms with Gasteiger partial charge in [-0.15, -0.1) is 0 Å². The molecule has 1 aliphatic heterocycles. The lowest BCUT2D eigenvalue weighted by Gasteiger charge is -2.38. The standard InChI is InChI=1S/C18H19FN2O3S/c1-18(2)11-12-10-14(20-25(3,23)24)6-9-16(12)21(17(18)22)15-7-4-13(19)5-8-15/h4-10,20H,11H2,1-3H3. The SMILES string of the molecule is CC1(C)Cc2cc(NS(C)(=O)=O)ccc2N(c2ccc(F)cc2)C1=O. The highest BCUT2D eigenvalue weighted by Crippen LogP contribution is 2.42. The van der Waals surface area contributed by atoms with Gasteiger partial charge in [-0.25, -0.2) is 12.8 Å². The number of hydrogen-bond acceptors (Lipinski definition) is 3. The minimum Gasteiger partial charge on any atom is -0.284 e. The number of halogens is 1. The molecule has 0 spiro atoms. The van der Waals surface area contributed by atoms with Crippen LogP contribution in [-0.4, -0.2) is 20.6 Å². The Bertz CT molecular complexity index is 937. The molecule has 0 bridgehead atoms. The molecule has 7 heteroatoms. The Morgan fingerprint density at radius 1 is 1.12 bits per heavy atom.